The quantitative estimate of drug-likeness (QED) is 0.363. The lowest BCUT2D eigenvalue weighted by Crippen LogP contribution is -2.44. The number of aryl methyl sites for hydroxylation is 2. The third kappa shape index (κ3) is 5.59. The van der Waals surface area contributed by atoms with E-state index in [4.69, 9.17) is 16.3 Å². The van der Waals surface area contributed by atoms with Crippen molar-refractivity contribution in [3.63, 3.8) is 0 Å². The van der Waals surface area contributed by atoms with Gasteiger partial charge in [0.1, 0.15) is 15.7 Å². The van der Waals surface area contributed by atoms with Crippen molar-refractivity contribution in [3.05, 3.63) is 71.5 Å². The zero-order valence-electron chi connectivity index (χ0n) is 21.3. The van der Waals surface area contributed by atoms with Gasteiger partial charge in [-0.1, -0.05) is 35.9 Å². The van der Waals surface area contributed by atoms with Gasteiger partial charge in [0, 0.05) is 50.7 Å². The summed E-state index contributed by atoms with van der Waals surface area (Å²) in [6, 6.07) is 15.2. The van der Waals surface area contributed by atoms with E-state index >= 15 is 0 Å². The summed E-state index contributed by atoms with van der Waals surface area (Å²) in [6.07, 6.45) is 2.64. The molecule has 1 N–H and O–H groups in total. The van der Waals surface area contributed by atoms with Crippen LogP contribution in [-0.4, -0.2) is 66.3 Å². The topological polar surface area (TPSA) is 105 Å². The molecule has 2 aromatic carbocycles. The first kappa shape index (κ1) is 26.0. The number of piperazine rings is 1. The Balaban J connectivity index is 1.48. The van der Waals surface area contributed by atoms with Gasteiger partial charge in [0.05, 0.1) is 11.9 Å². The predicted molar refractivity (Wildman–Crippen MR) is 147 cm³/mol. The molecule has 0 spiro atoms. The van der Waals surface area contributed by atoms with Crippen LogP contribution < -0.4 is 14.4 Å². The second-order valence-electron chi connectivity index (χ2n) is 9.17. The van der Waals surface area contributed by atoms with Crippen LogP contribution in [0.3, 0.4) is 0 Å². The van der Waals surface area contributed by atoms with Gasteiger partial charge in [0.15, 0.2) is 0 Å². The van der Waals surface area contributed by atoms with E-state index in [0.29, 0.717) is 11.4 Å². The maximum Gasteiger partial charge on any atom is 0.267 e. The summed E-state index contributed by atoms with van der Waals surface area (Å²) in [7, 11) is -0.237. The Hall–Kier alpha value is -3.67. The third-order valence-corrected chi connectivity index (χ3v) is 7.98. The van der Waals surface area contributed by atoms with Gasteiger partial charge >= 0.3 is 0 Å². The van der Waals surface area contributed by atoms with E-state index in [1.807, 2.05) is 55.5 Å². The average Bonchev–Trinajstić information content (AvgIpc) is 3.34. The summed E-state index contributed by atoms with van der Waals surface area (Å²) in [5.74, 6) is 0.386. The molecule has 198 valence electrons. The SMILES string of the molecule is Cc1ccccc1-c1nc(NS(=O)(=O)c2cnn(C)c2)nc(Oc2ccc(N3CCN(C)CC3)cc2)c1Cl. The summed E-state index contributed by atoms with van der Waals surface area (Å²) in [5.41, 5.74) is 3.10. The first-order chi connectivity index (χ1) is 18.2. The number of ether oxygens (including phenoxy) is 1. The maximum atomic E-state index is 13.0. The average molecular weight is 554 g/mol. The first-order valence-corrected chi connectivity index (χ1v) is 13.9. The molecule has 38 heavy (non-hydrogen) atoms. The van der Waals surface area contributed by atoms with Crippen LogP contribution in [0, 0.1) is 6.92 Å². The van der Waals surface area contributed by atoms with E-state index in [9.17, 15) is 8.42 Å². The number of hydrogen-bond acceptors (Lipinski definition) is 8. The number of nitrogens with one attached hydrogen (secondary N) is 1. The molecular formula is C26H28ClN7O3S. The van der Waals surface area contributed by atoms with Crippen LogP contribution in [0.4, 0.5) is 11.6 Å². The Labute approximate surface area is 226 Å². The molecule has 4 aromatic rings. The molecular weight excluding hydrogens is 526 g/mol. The smallest absolute Gasteiger partial charge is 0.267 e. The number of sulfonamides is 1. The zero-order valence-corrected chi connectivity index (χ0v) is 22.9. The molecule has 10 nitrogen and oxygen atoms in total. The number of halogens is 1. The van der Waals surface area contributed by atoms with E-state index in [2.05, 4.69) is 36.6 Å². The Bertz CT molecular complexity index is 1550. The van der Waals surface area contributed by atoms with Crippen LogP contribution in [0.25, 0.3) is 11.3 Å². The molecule has 3 heterocycles. The molecule has 1 aliphatic heterocycles. The number of aromatic nitrogens is 4. The number of hydrogen-bond donors (Lipinski definition) is 1. The summed E-state index contributed by atoms with van der Waals surface area (Å²) >= 11 is 6.74. The minimum absolute atomic E-state index is 0.0158. The fourth-order valence-corrected chi connectivity index (χ4v) is 5.33. The molecule has 12 heteroatoms. The highest BCUT2D eigenvalue weighted by Gasteiger charge is 2.23. The van der Waals surface area contributed by atoms with Crippen LogP contribution >= 0.6 is 11.6 Å². The van der Waals surface area contributed by atoms with Crippen molar-refractivity contribution >= 4 is 33.3 Å². The molecule has 5 rings (SSSR count). The molecule has 2 aromatic heterocycles. The summed E-state index contributed by atoms with van der Waals surface area (Å²) in [4.78, 5) is 13.4. The minimum atomic E-state index is -3.99. The number of nitrogens with zero attached hydrogens (tertiary/aromatic N) is 6. The van der Waals surface area contributed by atoms with Crippen LogP contribution in [0.15, 0.2) is 65.8 Å². The predicted octanol–water partition coefficient (Wildman–Crippen LogP) is 4.18. The van der Waals surface area contributed by atoms with Gasteiger partial charge < -0.3 is 14.5 Å². The number of rotatable bonds is 7. The lowest BCUT2D eigenvalue weighted by Gasteiger charge is -2.34. The Morgan fingerprint density at radius 3 is 2.34 bits per heavy atom. The molecule has 0 atom stereocenters. The highest BCUT2D eigenvalue weighted by atomic mass is 35.5. The lowest BCUT2D eigenvalue weighted by atomic mass is 10.1. The Morgan fingerprint density at radius 1 is 0.974 bits per heavy atom. The van der Waals surface area contributed by atoms with Crippen LogP contribution in [-0.2, 0) is 17.1 Å². The second kappa shape index (κ2) is 10.6. The number of likely N-dealkylation sites (N-methyl/N-ethyl adjacent to an activating group) is 1. The van der Waals surface area contributed by atoms with Crippen molar-refractivity contribution in [2.75, 3.05) is 42.8 Å². The van der Waals surface area contributed by atoms with Crippen LogP contribution in [0.2, 0.25) is 5.02 Å². The van der Waals surface area contributed by atoms with E-state index in [-0.39, 0.29) is 21.7 Å². The summed E-state index contributed by atoms with van der Waals surface area (Å²) in [6.45, 7) is 5.84. The van der Waals surface area contributed by atoms with Crippen LogP contribution in [0.5, 0.6) is 11.6 Å². The maximum absolute atomic E-state index is 13.0. The van der Waals surface area contributed by atoms with Crippen molar-refractivity contribution < 1.29 is 13.2 Å². The molecule has 1 aliphatic rings. The third-order valence-electron chi connectivity index (χ3n) is 6.36. The van der Waals surface area contributed by atoms with E-state index < -0.39 is 10.0 Å². The van der Waals surface area contributed by atoms with Gasteiger partial charge in [0.2, 0.25) is 11.8 Å². The van der Waals surface area contributed by atoms with Gasteiger partial charge in [-0.15, -0.1) is 0 Å². The summed E-state index contributed by atoms with van der Waals surface area (Å²) in [5, 5.41) is 4.11. The Morgan fingerprint density at radius 2 is 1.68 bits per heavy atom. The van der Waals surface area contributed by atoms with E-state index in [0.717, 1.165) is 43.0 Å². The van der Waals surface area contributed by atoms with Gasteiger partial charge in [-0.05, 0) is 43.8 Å². The van der Waals surface area contributed by atoms with Gasteiger partial charge in [0.25, 0.3) is 10.0 Å². The molecule has 0 unspecified atom stereocenters. The lowest BCUT2D eigenvalue weighted by molar-refractivity contribution is 0.313. The largest absolute Gasteiger partial charge is 0.437 e. The van der Waals surface area contributed by atoms with Crippen molar-refractivity contribution in [2.45, 2.75) is 11.8 Å². The molecule has 0 amide bonds. The van der Waals surface area contributed by atoms with Crippen molar-refractivity contribution in [1.29, 1.82) is 0 Å². The Kier molecular flexibility index (Phi) is 7.24. The van der Waals surface area contributed by atoms with Gasteiger partial charge in [-0.3, -0.25) is 4.68 Å². The molecule has 0 saturated carbocycles. The van der Waals surface area contributed by atoms with Gasteiger partial charge in [-0.2, -0.15) is 10.1 Å². The monoisotopic (exact) mass is 553 g/mol. The van der Waals surface area contributed by atoms with Gasteiger partial charge in [-0.25, -0.2) is 18.1 Å². The number of anilines is 2. The fraction of sp³-hybridized carbons (Fsp3) is 0.269. The molecule has 0 radical (unpaired) electrons. The zero-order chi connectivity index (χ0) is 26.9. The molecule has 0 bridgehead atoms. The highest BCUT2D eigenvalue weighted by Crippen LogP contribution is 2.38. The molecule has 1 fully saturated rings. The first-order valence-electron chi connectivity index (χ1n) is 12.1. The van der Waals surface area contributed by atoms with E-state index in [1.165, 1.54) is 17.1 Å². The van der Waals surface area contributed by atoms with Crippen molar-refractivity contribution in [2.24, 2.45) is 7.05 Å². The van der Waals surface area contributed by atoms with Crippen molar-refractivity contribution in [3.8, 4) is 22.9 Å². The van der Waals surface area contributed by atoms with E-state index in [1.54, 1.807) is 7.05 Å². The highest BCUT2D eigenvalue weighted by molar-refractivity contribution is 7.92. The normalized spacial score (nSPS) is 14.5. The number of benzene rings is 2. The van der Waals surface area contributed by atoms with Crippen molar-refractivity contribution in [1.82, 2.24) is 24.6 Å². The second-order valence-corrected chi connectivity index (χ2v) is 11.2. The molecule has 0 aliphatic carbocycles. The standard InChI is InChI=1S/C26H28ClN7O3S/c1-18-6-4-5-7-22(18)24-23(27)25(30-26(29-24)31-38(35,36)21-16-28-33(3)17-21)37-20-10-8-19(9-11-20)34-14-12-32(2)13-15-34/h4-11,16-17H,12-15H2,1-3H3,(H,29,30,31). The summed E-state index contributed by atoms with van der Waals surface area (Å²) < 4.78 is 35.8. The molecule has 1 saturated heterocycles. The minimum Gasteiger partial charge on any atom is -0.437 e. The fourth-order valence-electron chi connectivity index (χ4n) is 4.17. The van der Waals surface area contributed by atoms with Crippen LogP contribution in [0.1, 0.15) is 5.56 Å².